The van der Waals surface area contributed by atoms with Gasteiger partial charge in [0.15, 0.2) is 0 Å². The van der Waals surface area contributed by atoms with Gasteiger partial charge in [0.05, 0.1) is 32.8 Å². The first kappa shape index (κ1) is 19.0. The normalized spacial score (nSPS) is 29.0. The van der Waals surface area contributed by atoms with Gasteiger partial charge in [0.2, 0.25) is 0 Å². The predicted molar refractivity (Wildman–Crippen MR) is 87.3 cm³/mol. The lowest BCUT2D eigenvalue weighted by atomic mass is 9.70. The maximum absolute atomic E-state index is 12.1. The van der Waals surface area contributed by atoms with Crippen LogP contribution in [0.1, 0.15) is 32.6 Å². The molecule has 7 nitrogen and oxygen atoms in total. The molecule has 138 valence electrons. The predicted octanol–water partition coefficient (Wildman–Crippen LogP) is 2.07. The van der Waals surface area contributed by atoms with Crippen molar-refractivity contribution >= 4 is 17.9 Å². The first-order valence-electron chi connectivity index (χ1n) is 8.16. The second-order valence-electron chi connectivity index (χ2n) is 6.76. The zero-order valence-corrected chi connectivity index (χ0v) is 15.0. The summed E-state index contributed by atoms with van der Waals surface area (Å²) >= 11 is 0. The third-order valence-corrected chi connectivity index (χ3v) is 5.41. The van der Waals surface area contributed by atoms with Crippen LogP contribution in [-0.4, -0.2) is 44.3 Å². The number of esters is 3. The Labute approximate surface area is 146 Å². The Morgan fingerprint density at radius 1 is 1.12 bits per heavy atom. The fraction of sp³-hybridized carbons (Fsp3) is 0.611. The van der Waals surface area contributed by atoms with Crippen molar-refractivity contribution in [3.63, 3.8) is 0 Å². The Kier molecular flexibility index (Phi) is 5.55. The Morgan fingerprint density at radius 3 is 2.32 bits per heavy atom. The summed E-state index contributed by atoms with van der Waals surface area (Å²) in [4.78, 5) is 36.3. The van der Waals surface area contributed by atoms with Crippen LogP contribution in [0.2, 0.25) is 0 Å². The van der Waals surface area contributed by atoms with E-state index in [-0.39, 0.29) is 46.5 Å². The lowest BCUT2D eigenvalue weighted by Gasteiger charge is -2.34. The number of aliphatic hydroxyl groups is 1. The summed E-state index contributed by atoms with van der Waals surface area (Å²) in [5.41, 5.74) is -0.597. The van der Waals surface area contributed by atoms with Crippen LogP contribution in [0, 0.1) is 17.3 Å². The second kappa shape index (κ2) is 7.29. The quantitative estimate of drug-likeness (QED) is 0.613. The molecule has 0 saturated heterocycles. The lowest BCUT2D eigenvalue weighted by Crippen LogP contribution is -2.32. The molecule has 0 aromatic heterocycles. The van der Waals surface area contributed by atoms with Crippen molar-refractivity contribution in [1.82, 2.24) is 0 Å². The van der Waals surface area contributed by atoms with Gasteiger partial charge in [0, 0.05) is 6.42 Å². The molecule has 7 heteroatoms. The van der Waals surface area contributed by atoms with Crippen LogP contribution >= 0.6 is 0 Å². The number of methoxy groups -OCH3 is 3. The fourth-order valence-corrected chi connectivity index (χ4v) is 4.06. The topological polar surface area (TPSA) is 99.1 Å². The van der Waals surface area contributed by atoms with Crippen LogP contribution in [0.5, 0.6) is 0 Å². The standard InChI is InChI=1S/C18H24O7/c1-18-8-7-10(15(20)23-2)12(18)6-5-11(16(21)24-3)14(13(19)9-18)17(22)25-4/h5,10,12,19H,6-9H2,1-4H3/t10-,12?,18-/m1/s1. The number of carbonyl (C=O) groups excluding carboxylic acids is 3. The summed E-state index contributed by atoms with van der Waals surface area (Å²) < 4.78 is 14.4. The number of fused-ring (bicyclic) bond motifs is 1. The Balaban J connectivity index is 2.52. The van der Waals surface area contributed by atoms with Gasteiger partial charge >= 0.3 is 17.9 Å². The molecule has 2 rings (SSSR count). The van der Waals surface area contributed by atoms with E-state index in [4.69, 9.17) is 14.2 Å². The highest BCUT2D eigenvalue weighted by Gasteiger charge is 2.49. The molecule has 3 atom stereocenters. The van der Waals surface area contributed by atoms with Gasteiger partial charge in [-0.25, -0.2) is 9.59 Å². The lowest BCUT2D eigenvalue weighted by molar-refractivity contribution is -0.147. The van der Waals surface area contributed by atoms with Crippen LogP contribution in [0.15, 0.2) is 23.0 Å². The third kappa shape index (κ3) is 3.41. The molecule has 25 heavy (non-hydrogen) atoms. The first-order chi connectivity index (χ1) is 11.8. The number of carbonyl (C=O) groups is 3. The zero-order chi connectivity index (χ0) is 18.8. The summed E-state index contributed by atoms with van der Waals surface area (Å²) in [6.07, 6.45) is 3.46. The van der Waals surface area contributed by atoms with Crippen molar-refractivity contribution in [2.24, 2.45) is 17.3 Å². The van der Waals surface area contributed by atoms with Crippen LogP contribution in [0.3, 0.4) is 0 Å². The van der Waals surface area contributed by atoms with Crippen LogP contribution in [-0.2, 0) is 28.6 Å². The van der Waals surface area contributed by atoms with Crippen LogP contribution in [0.25, 0.3) is 0 Å². The summed E-state index contributed by atoms with van der Waals surface area (Å²) in [6, 6.07) is 0. The average Bonchev–Trinajstić information content (AvgIpc) is 2.90. The summed E-state index contributed by atoms with van der Waals surface area (Å²) in [7, 11) is 3.73. The molecule has 0 spiro atoms. The van der Waals surface area contributed by atoms with Gasteiger partial charge in [-0.1, -0.05) is 13.0 Å². The molecule has 0 aromatic rings. The van der Waals surface area contributed by atoms with Gasteiger partial charge in [-0.05, 0) is 30.6 Å². The maximum atomic E-state index is 12.1. The van der Waals surface area contributed by atoms with E-state index in [0.717, 1.165) is 0 Å². The number of hydrogen-bond donors (Lipinski definition) is 1. The molecule has 0 aliphatic heterocycles. The summed E-state index contributed by atoms with van der Waals surface area (Å²) in [5, 5.41) is 10.6. The third-order valence-electron chi connectivity index (χ3n) is 5.41. The van der Waals surface area contributed by atoms with Crippen molar-refractivity contribution in [3.8, 4) is 0 Å². The molecule has 0 radical (unpaired) electrons. The molecule has 1 unspecified atom stereocenters. The second-order valence-corrected chi connectivity index (χ2v) is 6.76. The van der Waals surface area contributed by atoms with E-state index in [0.29, 0.717) is 19.3 Å². The first-order valence-corrected chi connectivity index (χ1v) is 8.16. The van der Waals surface area contributed by atoms with E-state index in [1.54, 1.807) is 6.08 Å². The number of ether oxygens (including phenoxy) is 3. The van der Waals surface area contributed by atoms with Gasteiger partial charge in [-0.15, -0.1) is 0 Å². The molecule has 0 bridgehead atoms. The number of hydrogen-bond acceptors (Lipinski definition) is 7. The maximum Gasteiger partial charge on any atom is 0.342 e. The minimum absolute atomic E-state index is 0.0376. The zero-order valence-electron chi connectivity index (χ0n) is 15.0. The Bertz CT molecular complexity index is 646. The molecule has 2 aliphatic rings. The monoisotopic (exact) mass is 352 g/mol. The number of allylic oxidation sites excluding steroid dienone is 2. The van der Waals surface area contributed by atoms with Crippen molar-refractivity contribution in [3.05, 3.63) is 23.0 Å². The van der Waals surface area contributed by atoms with E-state index in [1.807, 2.05) is 6.92 Å². The summed E-state index contributed by atoms with van der Waals surface area (Å²) in [6.45, 7) is 1.97. The van der Waals surface area contributed by atoms with Crippen molar-refractivity contribution in [1.29, 1.82) is 0 Å². The molecular formula is C18H24O7. The van der Waals surface area contributed by atoms with Crippen molar-refractivity contribution in [2.45, 2.75) is 32.6 Å². The Hall–Kier alpha value is -2.31. The average molecular weight is 352 g/mol. The molecule has 0 aromatic carbocycles. The van der Waals surface area contributed by atoms with Gasteiger partial charge in [-0.2, -0.15) is 0 Å². The summed E-state index contributed by atoms with van der Waals surface area (Å²) in [5.74, 6) is -2.46. The minimum atomic E-state index is -0.793. The van der Waals surface area contributed by atoms with E-state index in [9.17, 15) is 19.5 Å². The molecular weight excluding hydrogens is 328 g/mol. The largest absolute Gasteiger partial charge is 0.511 e. The van der Waals surface area contributed by atoms with Crippen molar-refractivity contribution in [2.75, 3.05) is 21.3 Å². The smallest absolute Gasteiger partial charge is 0.342 e. The molecule has 1 saturated carbocycles. The van der Waals surface area contributed by atoms with Gasteiger partial charge in [-0.3, -0.25) is 4.79 Å². The molecule has 0 amide bonds. The minimum Gasteiger partial charge on any atom is -0.511 e. The SMILES string of the molecule is COC(=O)C1=CCC2[C@H](C(=O)OC)CC[C@]2(C)CC(O)=C1C(=O)OC. The highest BCUT2D eigenvalue weighted by molar-refractivity contribution is 6.07. The number of aliphatic hydroxyl groups excluding tert-OH is 1. The molecule has 2 aliphatic carbocycles. The van der Waals surface area contributed by atoms with Gasteiger partial charge in [0.25, 0.3) is 0 Å². The fourth-order valence-electron chi connectivity index (χ4n) is 4.06. The van der Waals surface area contributed by atoms with Gasteiger partial charge < -0.3 is 19.3 Å². The van der Waals surface area contributed by atoms with E-state index >= 15 is 0 Å². The van der Waals surface area contributed by atoms with E-state index in [1.165, 1.54) is 21.3 Å². The Morgan fingerprint density at radius 2 is 1.76 bits per heavy atom. The highest BCUT2D eigenvalue weighted by Crippen LogP contribution is 2.53. The van der Waals surface area contributed by atoms with Crippen molar-refractivity contribution < 1.29 is 33.7 Å². The number of rotatable bonds is 3. The molecule has 1 N–H and O–H groups in total. The van der Waals surface area contributed by atoms with E-state index in [2.05, 4.69) is 0 Å². The molecule has 1 fully saturated rings. The molecule has 0 heterocycles. The highest BCUT2D eigenvalue weighted by atomic mass is 16.5. The van der Waals surface area contributed by atoms with Crippen LogP contribution < -0.4 is 0 Å². The van der Waals surface area contributed by atoms with Gasteiger partial charge in [0.1, 0.15) is 11.3 Å². The van der Waals surface area contributed by atoms with Crippen LogP contribution in [0.4, 0.5) is 0 Å². The van der Waals surface area contributed by atoms with E-state index < -0.39 is 11.9 Å².